The minimum absolute atomic E-state index is 0.144. The highest BCUT2D eigenvalue weighted by Crippen LogP contribution is 2.26. The van der Waals surface area contributed by atoms with Crippen molar-refractivity contribution in [3.05, 3.63) is 40.5 Å². The molecular formula is C12H10N4OS. The molecule has 0 radical (unpaired) electrons. The highest BCUT2D eigenvalue weighted by molar-refractivity contribution is 7.11. The maximum atomic E-state index is 12.0. The lowest BCUT2D eigenvalue weighted by Crippen LogP contribution is -2.11. The Morgan fingerprint density at radius 3 is 3.06 bits per heavy atom. The molecule has 2 heterocycles. The molecule has 0 spiro atoms. The van der Waals surface area contributed by atoms with Crippen LogP contribution < -0.4 is 5.32 Å². The van der Waals surface area contributed by atoms with Crippen LogP contribution in [-0.2, 0) is 0 Å². The number of aromatic nitrogens is 3. The molecule has 0 fully saturated rings. The zero-order chi connectivity index (χ0) is 12.5. The summed E-state index contributed by atoms with van der Waals surface area (Å²) in [7, 11) is 0. The first kappa shape index (κ1) is 10.9. The predicted octanol–water partition coefficient (Wildman–Crippen LogP) is 2.58. The second-order valence-corrected chi connectivity index (χ2v) is 4.79. The monoisotopic (exact) mass is 258 g/mol. The van der Waals surface area contributed by atoms with Gasteiger partial charge in [0, 0.05) is 5.39 Å². The number of fused-ring (bicyclic) bond motifs is 1. The van der Waals surface area contributed by atoms with E-state index in [2.05, 4.69) is 20.5 Å². The maximum Gasteiger partial charge on any atom is 0.267 e. The van der Waals surface area contributed by atoms with Crippen molar-refractivity contribution in [3.63, 3.8) is 0 Å². The van der Waals surface area contributed by atoms with Crippen LogP contribution in [0.25, 0.3) is 10.9 Å². The van der Waals surface area contributed by atoms with Crippen LogP contribution in [0.1, 0.15) is 15.2 Å². The summed E-state index contributed by atoms with van der Waals surface area (Å²) >= 11 is 1.32. The molecular weight excluding hydrogens is 248 g/mol. The number of hydrogen-bond donors (Lipinski definition) is 2. The summed E-state index contributed by atoms with van der Waals surface area (Å²) in [4.78, 5) is 16.5. The summed E-state index contributed by atoms with van der Waals surface area (Å²) in [5.41, 5.74) is 4.34. The Labute approximate surface area is 107 Å². The van der Waals surface area contributed by atoms with E-state index in [4.69, 9.17) is 0 Å². The molecule has 0 unspecified atom stereocenters. The van der Waals surface area contributed by atoms with Gasteiger partial charge in [0.25, 0.3) is 5.91 Å². The zero-order valence-electron chi connectivity index (χ0n) is 9.60. The molecule has 1 amide bonds. The smallest absolute Gasteiger partial charge is 0.267 e. The summed E-state index contributed by atoms with van der Waals surface area (Å²) in [6.45, 7) is 1.95. The maximum absolute atomic E-state index is 12.0. The SMILES string of the molecule is Cc1ccc2[nH]ncc2c1NC(=O)c1cncs1. The third-order valence-corrected chi connectivity index (χ3v) is 3.50. The number of nitrogens with one attached hydrogen (secondary N) is 2. The van der Waals surface area contributed by atoms with Gasteiger partial charge in [-0.3, -0.25) is 14.9 Å². The number of carbonyl (C=O) groups excluding carboxylic acids is 1. The average molecular weight is 258 g/mol. The van der Waals surface area contributed by atoms with Gasteiger partial charge in [-0.15, -0.1) is 11.3 Å². The van der Waals surface area contributed by atoms with Crippen LogP contribution in [0.15, 0.2) is 30.0 Å². The van der Waals surface area contributed by atoms with Gasteiger partial charge in [-0.2, -0.15) is 5.10 Å². The van der Waals surface area contributed by atoms with Crippen LogP contribution >= 0.6 is 11.3 Å². The second kappa shape index (κ2) is 4.23. The number of thiazole rings is 1. The lowest BCUT2D eigenvalue weighted by Gasteiger charge is -2.08. The number of rotatable bonds is 2. The number of carbonyl (C=O) groups is 1. The zero-order valence-corrected chi connectivity index (χ0v) is 10.4. The number of amides is 1. The lowest BCUT2D eigenvalue weighted by atomic mass is 10.1. The van der Waals surface area contributed by atoms with Gasteiger partial charge in [0.15, 0.2) is 0 Å². The largest absolute Gasteiger partial charge is 0.320 e. The topological polar surface area (TPSA) is 70.7 Å². The van der Waals surface area contributed by atoms with E-state index in [1.807, 2.05) is 19.1 Å². The first-order valence-corrected chi connectivity index (χ1v) is 6.26. The Hall–Kier alpha value is -2.21. The van der Waals surface area contributed by atoms with E-state index in [9.17, 15) is 4.79 Å². The van der Waals surface area contributed by atoms with Crippen molar-refractivity contribution in [1.29, 1.82) is 0 Å². The minimum atomic E-state index is -0.144. The molecule has 18 heavy (non-hydrogen) atoms. The summed E-state index contributed by atoms with van der Waals surface area (Å²) in [6, 6.07) is 3.89. The van der Waals surface area contributed by atoms with E-state index in [0.717, 1.165) is 22.2 Å². The first-order valence-electron chi connectivity index (χ1n) is 5.38. The summed E-state index contributed by atoms with van der Waals surface area (Å²) in [6.07, 6.45) is 3.27. The average Bonchev–Trinajstić information content (AvgIpc) is 3.02. The van der Waals surface area contributed by atoms with Crippen LogP contribution in [0.4, 0.5) is 5.69 Å². The number of benzene rings is 1. The predicted molar refractivity (Wildman–Crippen MR) is 70.9 cm³/mol. The Bertz CT molecular complexity index is 702. The Morgan fingerprint density at radius 1 is 1.39 bits per heavy atom. The standard InChI is InChI=1S/C12H10N4OS/c1-7-2-3-9-8(4-14-16-9)11(7)15-12(17)10-5-13-6-18-10/h2-6H,1H3,(H,14,16)(H,15,17). The fourth-order valence-corrected chi connectivity index (χ4v) is 2.31. The van der Waals surface area contributed by atoms with Crippen molar-refractivity contribution in [2.75, 3.05) is 5.32 Å². The van der Waals surface area contributed by atoms with Gasteiger partial charge in [0.2, 0.25) is 0 Å². The third-order valence-electron chi connectivity index (χ3n) is 2.73. The fraction of sp³-hybridized carbons (Fsp3) is 0.0833. The van der Waals surface area contributed by atoms with E-state index < -0.39 is 0 Å². The van der Waals surface area contributed by atoms with E-state index in [1.54, 1.807) is 17.9 Å². The number of nitrogens with zero attached hydrogens (tertiary/aromatic N) is 2. The normalized spacial score (nSPS) is 10.7. The molecule has 0 saturated heterocycles. The van der Waals surface area contributed by atoms with Crippen molar-refractivity contribution in [3.8, 4) is 0 Å². The van der Waals surface area contributed by atoms with E-state index in [0.29, 0.717) is 4.88 Å². The molecule has 0 bridgehead atoms. The summed E-state index contributed by atoms with van der Waals surface area (Å²) in [5.74, 6) is -0.144. The molecule has 0 aliphatic carbocycles. The Kier molecular flexibility index (Phi) is 2.56. The van der Waals surface area contributed by atoms with E-state index >= 15 is 0 Å². The molecule has 3 rings (SSSR count). The number of H-pyrrole nitrogens is 1. The van der Waals surface area contributed by atoms with Gasteiger partial charge in [-0.1, -0.05) is 6.07 Å². The number of aromatic amines is 1. The van der Waals surface area contributed by atoms with Crippen molar-refractivity contribution < 1.29 is 4.79 Å². The van der Waals surface area contributed by atoms with Crippen LogP contribution in [-0.4, -0.2) is 21.1 Å². The number of anilines is 1. The highest BCUT2D eigenvalue weighted by atomic mass is 32.1. The van der Waals surface area contributed by atoms with Crippen molar-refractivity contribution in [2.24, 2.45) is 0 Å². The molecule has 0 aliphatic heterocycles. The molecule has 0 atom stereocenters. The van der Waals surface area contributed by atoms with Crippen molar-refractivity contribution >= 4 is 33.8 Å². The second-order valence-electron chi connectivity index (χ2n) is 3.91. The van der Waals surface area contributed by atoms with Crippen molar-refractivity contribution in [2.45, 2.75) is 6.92 Å². The first-order chi connectivity index (χ1) is 8.75. The molecule has 5 nitrogen and oxygen atoms in total. The van der Waals surface area contributed by atoms with Gasteiger partial charge in [-0.25, -0.2) is 0 Å². The van der Waals surface area contributed by atoms with E-state index in [-0.39, 0.29) is 5.91 Å². The lowest BCUT2D eigenvalue weighted by molar-refractivity contribution is 0.103. The fourth-order valence-electron chi connectivity index (χ4n) is 1.80. The van der Waals surface area contributed by atoms with E-state index in [1.165, 1.54) is 11.3 Å². The highest BCUT2D eigenvalue weighted by Gasteiger charge is 2.12. The molecule has 0 saturated carbocycles. The Balaban J connectivity index is 2.02. The van der Waals surface area contributed by atoms with Crippen molar-refractivity contribution in [1.82, 2.24) is 15.2 Å². The number of aryl methyl sites for hydroxylation is 1. The summed E-state index contributed by atoms with van der Waals surface area (Å²) in [5, 5.41) is 10.7. The molecule has 90 valence electrons. The molecule has 2 N–H and O–H groups in total. The van der Waals surface area contributed by atoms with Crippen LogP contribution in [0.2, 0.25) is 0 Å². The molecule has 2 aromatic heterocycles. The van der Waals surface area contributed by atoms with Crippen LogP contribution in [0.3, 0.4) is 0 Å². The Morgan fingerprint density at radius 2 is 2.28 bits per heavy atom. The number of hydrogen-bond acceptors (Lipinski definition) is 4. The molecule has 0 aliphatic rings. The van der Waals surface area contributed by atoms with Gasteiger partial charge in [0.05, 0.1) is 29.1 Å². The minimum Gasteiger partial charge on any atom is -0.320 e. The quantitative estimate of drug-likeness (QED) is 0.742. The van der Waals surface area contributed by atoms with Gasteiger partial charge in [0.1, 0.15) is 4.88 Å². The van der Waals surface area contributed by atoms with Crippen LogP contribution in [0.5, 0.6) is 0 Å². The molecule has 3 aromatic rings. The van der Waals surface area contributed by atoms with Gasteiger partial charge < -0.3 is 5.32 Å². The van der Waals surface area contributed by atoms with Gasteiger partial charge >= 0.3 is 0 Å². The van der Waals surface area contributed by atoms with Crippen LogP contribution in [0, 0.1) is 6.92 Å². The summed E-state index contributed by atoms with van der Waals surface area (Å²) < 4.78 is 0. The molecule has 6 heteroatoms. The third kappa shape index (κ3) is 1.76. The van der Waals surface area contributed by atoms with Gasteiger partial charge in [-0.05, 0) is 18.6 Å². The molecule has 1 aromatic carbocycles.